The van der Waals surface area contributed by atoms with Crippen LogP contribution in [0.1, 0.15) is 5.56 Å². The first-order valence-corrected chi connectivity index (χ1v) is 9.60. The van der Waals surface area contributed by atoms with Gasteiger partial charge in [-0.1, -0.05) is 30.3 Å². The van der Waals surface area contributed by atoms with Crippen LogP contribution in [-0.2, 0) is 11.2 Å². The van der Waals surface area contributed by atoms with Gasteiger partial charge in [-0.25, -0.2) is 19.3 Å². The second-order valence-corrected chi connectivity index (χ2v) is 7.89. The minimum absolute atomic E-state index is 0.0365. The topological polar surface area (TPSA) is 98.2 Å². The van der Waals surface area contributed by atoms with Crippen LogP contribution in [-0.4, -0.2) is 74.3 Å². The van der Waals surface area contributed by atoms with Crippen LogP contribution in [0.4, 0.5) is 10.2 Å². The van der Waals surface area contributed by atoms with Crippen LogP contribution in [0, 0.1) is 5.41 Å². The number of likely N-dealkylation sites (tertiary alicyclic amines) is 1. The molecule has 2 atom stereocenters. The molecule has 0 bridgehead atoms. The summed E-state index contributed by atoms with van der Waals surface area (Å²) >= 11 is 0. The number of carbonyl (C=O) groups excluding carboxylic acids is 1. The zero-order chi connectivity index (χ0) is 20.0. The number of alkyl halides is 1. The minimum Gasteiger partial charge on any atom is -0.388 e. The molecule has 9 heteroatoms. The minimum atomic E-state index is -1.39. The largest absolute Gasteiger partial charge is 0.388 e. The average molecular weight is 396 g/mol. The number of β-amino-alcohol motifs (C(OH)–C–C–N with tert-alkyl or cyclic N) is 1. The predicted octanol–water partition coefficient (Wildman–Crippen LogP) is 0.943. The molecule has 1 aromatic carbocycles. The van der Waals surface area contributed by atoms with Gasteiger partial charge in [0.25, 0.3) is 0 Å². The van der Waals surface area contributed by atoms with Crippen LogP contribution in [0.5, 0.6) is 0 Å². The Morgan fingerprint density at radius 1 is 1.21 bits per heavy atom. The lowest BCUT2D eigenvalue weighted by molar-refractivity contribution is -0.143. The molecular weight excluding hydrogens is 375 g/mol. The second-order valence-electron chi connectivity index (χ2n) is 7.89. The number of nitrogens with one attached hydrogen (secondary N) is 1. The Bertz CT molecular complexity index is 1030. The average Bonchev–Trinajstić information content (AvgIpc) is 3.31. The number of amides is 1. The van der Waals surface area contributed by atoms with Crippen LogP contribution in [0.3, 0.4) is 0 Å². The molecule has 0 unspecified atom stereocenters. The number of halogens is 1. The third-order valence-electron chi connectivity index (χ3n) is 5.84. The quantitative estimate of drug-likeness (QED) is 0.681. The highest BCUT2D eigenvalue weighted by atomic mass is 19.1. The molecule has 2 aliphatic rings. The van der Waals surface area contributed by atoms with E-state index in [2.05, 4.69) is 19.9 Å². The smallest absolute Gasteiger partial charge is 0.232 e. The van der Waals surface area contributed by atoms with Crippen LogP contribution in [0.15, 0.2) is 43.0 Å². The van der Waals surface area contributed by atoms with E-state index >= 15 is 0 Å². The molecule has 0 aliphatic carbocycles. The van der Waals surface area contributed by atoms with Gasteiger partial charge in [0.15, 0.2) is 11.5 Å². The maximum absolute atomic E-state index is 13.9. The number of benzene rings is 1. The zero-order valence-electron chi connectivity index (χ0n) is 15.7. The van der Waals surface area contributed by atoms with Crippen molar-refractivity contribution < 1.29 is 14.3 Å². The fourth-order valence-corrected chi connectivity index (χ4v) is 4.38. The van der Waals surface area contributed by atoms with Crippen molar-refractivity contribution in [1.29, 1.82) is 0 Å². The molecule has 0 radical (unpaired) electrons. The van der Waals surface area contributed by atoms with Gasteiger partial charge in [-0.3, -0.25) is 4.79 Å². The molecule has 2 fully saturated rings. The van der Waals surface area contributed by atoms with E-state index in [1.165, 1.54) is 11.2 Å². The fraction of sp³-hybridized carbons (Fsp3) is 0.400. The summed E-state index contributed by atoms with van der Waals surface area (Å²) in [6.45, 7) is 0.883. The first-order valence-electron chi connectivity index (χ1n) is 9.60. The van der Waals surface area contributed by atoms with Crippen LogP contribution in [0.2, 0.25) is 0 Å². The highest BCUT2D eigenvalue weighted by Crippen LogP contribution is 2.40. The molecule has 1 amide bonds. The van der Waals surface area contributed by atoms with Gasteiger partial charge in [-0.2, -0.15) is 0 Å². The number of hydrogen-bond donors (Lipinski definition) is 2. The van der Waals surface area contributed by atoms with E-state index in [-0.39, 0.29) is 19.0 Å². The molecule has 0 spiro atoms. The van der Waals surface area contributed by atoms with E-state index in [0.717, 1.165) is 11.1 Å². The Labute approximate surface area is 166 Å². The summed E-state index contributed by atoms with van der Waals surface area (Å²) in [5.41, 5.74) is 1.66. The summed E-state index contributed by atoms with van der Waals surface area (Å²) in [6, 6.07) is 9.81. The van der Waals surface area contributed by atoms with Crippen molar-refractivity contribution in [2.75, 3.05) is 31.1 Å². The molecule has 0 saturated carbocycles. The molecule has 4 heterocycles. The van der Waals surface area contributed by atoms with Gasteiger partial charge in [-0.05, 0) is 12.0 Å². The lowest BCUT2D eigenvalue weighted by Crippen LogP contribution is -2.65. The summed E-state index contributed by atoms with van der Waals surface area (Å²) < 4.78 is 13.9. The first-order chi connectivity index (χ1) is 14.1. The number of aliphatic hydroxyl groups excluding tert-OH is 1. The molecular formula is C20H21FN6O2. The van der Waals surface area contributed by atoms with Crippen LogP contribution < -0.4 is 4.90 Å². The van der Waals surface area contributed by atoms with Gasteiger partial charge in [0.2, 0.25) is 5.91 Å². The van der Waals surface area contributed by atoms with E-state index in [1.807, 2.05) is 35.2 Å². The highest BCUT2D eigenvalue weighted by molar-refractivity contribution is 5.89. The number of nitrogens with zero attached hydrogens (tertiary/aromatic N) is 5. The number of fused-ring (bicyclic) bond motifs is 1. The molecule has 8 nitrogen and oxygen atoms in total. The number of hydrogen-bond acceptors (Lipinski definition) is 6. The number of rotatable bonds is 4. The van der Waals surface area contributed by atoms with Crippen molar-refractivity contribution in [3.63, 3.8) is 0 Å². The third kappa shape index (κ3) is 3.02. The van der Waals surface area contributed by atoms with E-state index in [4.69, 9.17) is 0 Å². The maximum atomic E-state index is 13.9. The number of anilines is 1. The molecule has 2 aliphatic heterocycles. The normalized spacial score (nSPS) is 23.4. The van der Waals surface area contributed by atoms with Gasteiger partial charge in [0, 0.05) is 19.6 Å². The zero-order valence-corrected chi connectivity index (χ0v) is 15.7. The molecule has 2 aromatic heterocycles. The van der Waals surface area contributed by atoms with Crippen molar-refractivity contribution in [2.24, 2.45) is 5.41 Å². The third-order valence-corrected chi connectivity index (χ3v) is 5.84. The summed E-state index contributed by atoms with van der Waals surface area (Å²) in [6.07, 6.45) is 1.06. The van der Waals surface area contributed by atoms with E-state index in [9.17, 15) is 14.3 Å². The number of aromatic nitrogens is 4. The van der Waals surface area contributed by atoms with Gasteiger partial charge in [0.1, 0.15) is 24.1 Å². The molecule has 3 aromatic rings. The maximum Gasteiger partial charge on any atom is 0.232 e. The van der Waals surface area contributed by atoms with Crippen molar-refractivity contribution in [3.8, 4) is 0 Å². The van der Waals surface area contributed by atoms with Gasteiger partial charge >= 0.3 is 0 Å². The summed E-state index contributed by atoms with van der Waals surface area (Å²) in [5.74, 6) is 0.584. The van der Waals surface area contributed by atoms with Gasteiger partial charge in [0.05, 0.1) is 18.3 Å². The van der Waals surface area contributed by atoms with E-state index in [0.29, 0.717) is 31.0 Å². The number of H-pyrrole nitrogens is 1. The molecule has 5 rings (SSSR count). The Balaban J connectivity index is 1.43. The van der Waals surface area contributed by atoms with Gasteiger partial charge in [-0.15, -0.1) is 0 Å². The van der Waals surface area contributed by atoms with E-state index in [1.54, 1.807) is 6.33 Å². The Morgan fingerprint density at radius 2 is 2.00 bits per heavy atom. The number of imidazole rings is 1. The highest BCUT2D eigenvalue weighted by Gasteiger charge is 2.53. The number of aromatic amines is 1. The van der Waals surface area contributed by atoms with Crippen LogP contribution >= 0.6 is 0 Å². The summed E-state index contributed by atoms with van der Waals surface area (Å²) in [5, 5.41) is 9.78. The fourth-order valence-electron chi connectivity index (χ4n) is 4.38. The molecule has 150 valence electrons. The Hall–Kier alpha value is -3.07. The van der Waals surface area contributed by atoms with Crippen molar-refractivity contribution >= 4 is 22.9 Å². The van der Waals surface area contributed by atoms with Crippen molar-refractivity contribution in [1.82, 2.24) is 24.8 Å². The standard InChI is InChI=1S/C20H21FN6O2/c21-14-7-26(8-15(14)28)19(29)20(6-13-4-2-1-3-5-13)9-27(10-20)18-16-17(23-11-22-16)24-12-25-18/h1-5,11-12,14-15,28H,6-10H2,(H,22,23,24,25)/t14-,15-/m1/s1. The Kier molecular flexibility index (Phi) is 4.20. The number of aliphatic hydroxyl groups is 1. The second kappa shape index (κ2) is 6.77. The van der Waals surface area contributed by atoms with E-state index < -0.39 is 17.7 Å². The Morgan fingerprint density at radius 3 is 2.72 bits per heavy atom. The van der Waals surface area contributed by atoms with Crippen molar-refractivity contribution in [2.45, 2.75) is 18.7 Å². The van der Waals surface area contributed by atoms with Crippen LogP contribution in [0.25, 0.3) is 11.2 Å². The molecule has 2 saturated heterocycles. The predicted molar refractivity (Wildman–Crippen MR) is 104 cm³/mol. The monoisotopic (exact) mass is 396 g/mol. The summed E-state index contributed by atoms with van der Waals surface area (Å²) in [4.78, 5) is 32.6. The lowest BCUT2D eigenvalue weighted by atomic mass is 9.73. The lowest BCUT2D eigenvalue weighted by Gasteiger charge is -2.50. The molecule has 2 N–H and O–H groups in total. The molecule has 29 heavy (non-hydrogen) atoms. The van der Waals surface area contributed by atoms with Gasteiger partial charge < -0.3 is 19.9 Å². The first kappa shape index (κ1) is 18.0. The van der Waals surface area contributed by atoms with Crippen molar-refractivity contribution in [3.05, 3.63) is 48.5 Å². The summed E-state index contributed by atoms with van der Waals surface area (Å²) in [7, 11) is 0. The number of carbonyl (C=O) groups is 1. The SMILES string of the molecule is O=C(N1C[C@@H](O)[C@H](F)C1)C1(Cc2ccccc2)CN(c2ncnc3nc[nH]c23)C1.